The Morgan fingerprint density at radius 1 is 1.56 bits per heavy atom. The molecule has 0 unspecified atom stereocenters. The summed E-state index contributed by atoms with van der Waals surface area (Å²) >= 11 is 1.31. The molecule has 0 spiro atoms. The van der Waals surface area contributed by atoms with Crippen LogP contribution >= 0.6 is 11.3 Å². The molecule has 1 saturated heterocycles. The van der Waals surface area contributed by atoms with Crippen LogP contribution in [-0.4, -0.2) is 47.3 Å². The van der Waals surface area contributed by atoms with Crippen molar-refractivity contribution in [3.63, 3.8) is 0 Å². The summed E-state index contributed by atoms with van der Waals surface area (Å²) in [4.78, 5) is 13.9. The third-order valence-corrected chi connectivity index (χ3v) is 3.78. The minimum atomic E-state index is -0.211. The molecule has 6 nitrogen and oxygen atoms in total. The topological polar surface area (TPSA) is 70.2 Å². The van der Waals surface area contributed by atoms with E-state index in [4.69, 9.17) is 0 Å². The Labute approximate surface area is 111 Å². The fourth-order valence-corrected chi connectivity index (χ4v) is 2.42. The molecule has 2 heterocycles. The first-order valence-electron chi connectivity index (χ1n) is 6.27. The highest BCUT2D eigenvalue weighted by Gasteiger charge is 2.15. The van der Waals surface area contributed by atoms with Crippen LogP contribution in [0.2, 0.25) is 0 Å². The standard InChI is InChI=1S/C11H19N5OS/c1-9-2-5-16(6-3-9)7-4-12-10(17)14-11-15-13-8-18-11/h8-9H,2-7H2,1H3,(H2,12,14,15,17). The Bertz CT molecular complexity index is 362. The number of hydrogen-bond acceptors (Lipinski definition) is 5. The predicted molar refractivity (Wildman–Crippen MR) is 71.8 cm³/mol. The van der Waals surface area contributed by atoms with Gasteiger partial charge in [-0.15, -0.1) is 10.2 Å². The highest BCUT2D eigenvalue weighted by atomic mass is 32.1. The zero-order valence-electron chi connectivity index (χ0n) is 10.6. The molecule has 1 aliphatic rings. The summed E-state index contributed by atoms with van der Waals surface area (Å²) in [6.45, 7) is 6.15. The number of rotatable bonds is 4. The van der Waals surface area contributed by atoms with Crippen LogP contribution in [0.4, 0.5) is 9.93 Å². The van der Waals surface area contributed by atoms with Gasteiger partial charge in [-0.05, 0) is 31.8 Å². The van der Waals surface area contributed by atoms with Gasteiger partial charge in [0.25, 0.3) is 0 Å². The number of hydrogen-bond donors (Lipinski definition) is 2. The number of urea groups is 1. The summed E-state index contributed by atoms with van der Waals surface area (Å²) in [5.41, 5.74) is 1.59. The van der Waals surface area contributed by atoms with E-state index < -0.39 is 0 Å². The van der Waals surface area contributed by atoms with Crippen molar-refractivity contribution in [2.45, 2.75) is 19.8 Å². The Hall–Kier alpha value is -1.21. The summed E-state index contributed by atoms with van der Waals surface area (Å²) in [6, 6.07) is -0.211. The Balaban J connectivity index is 1.59. The van der Waals surface area contributed by atoms with Crippen LogP contribution in [0.1, 0.15) is 19.8 Å². The zero-order chi connectivity index (χ0) is 12.8. The SMILES string of the molecule is CC1CCN(CCNC(=O)Nc2nncs2)CC1. The third kappa shape index (κ3) is 4.23. The molecule has 2 amide bonds. The first kappa shape index (κ1) is 13.2. The minimum Gasteiger partial charge on any atom is -0.337 e. The normalized spacial score (nSPS) is 17.6. The highest BCUT2D eigenvalue weighted by Crippen LogP contribution is 2.15. The molecule has 0 atom stereocenters. The van der Waals surface area contributed by atoms with Gasteiger partial charge in [0.15, 0.2) is 0 Å². The van der Waals surface area contributed by atoms with E-state index in [9.17, 15) is 4.79 Å². The molecular weight excluding hydrogens is 250 g/mol. The van der Waals surface area contributed by atoms with Gasteiger partial charge in [-0.1, -0.05) is 18.3 Å². The minimum absolute atomic E-state index is 0.211. The molecular formula is C11H19N5OS. The van der Waals surface area contributed by atoms with Gasteiger partial charge < -0.3 is 10.2 Å². The molecule has 0 aromatic carbocycles. The number of likely N-dealkylation sites (tertiary alicyclic amines) is 1. The van der Waals surface area contributed by atoms with Crippen LogP contribution < -0.4 is 10.6 Å². The summed E-state index contributed by atoms with van der Waals surface area (Å²) < 4.78 is 0. The maximum atomic E-state index is 11.5. The molecule has 0 bridgehead atoms. The molecule has 100 valence electrons. The van der Waals surface area contributed by atoms with Crippen molar-refractivity contribution < 1.29 is 4.79 Å². The highest BCUT2D eigenvalue weighted by molar-refractivity contribution is 7.13. The van der Waals surface area contributed by atoms with Crippen LogP contribution in [0.3, 0.4) is 0 Å². The lowest BCUT2D eigenvalue weighted by molar-refractivity contribution is 0.192. The number of nitrogens with zero attached hydrogens (tertiary/aromatic N) is 3. The molecule has 0 aliphatic carbocycles. The van der Waals surface area contributed by atoms with E-state index in [-0.39, 0.29) is 6.03 Å². The fraction of sp³-hybridized carbons (Fsp3) is 0.727. The lowest BCUT2D eigenvalue weighted by atomic mass is 9.99. The quantitative estimate of drug-likeness (QED) is 0.866. The smallest absolute Gasteiger partial charge is 0.321 e. The van der Waals surface area contributed by atoms with Crippen LogP contribution in [0.15, 0.2) is 5.51 Å². The second-order valence-corrected chi connectivity index (χ2v) is 5.48. The maximum Gasteiger partial charge on any atom is 0.321 e. The number of aromatic nitrogens is 2. The van der Waals surface area contributed by atoms with Gasteiger partial charge in [0, 0.05) is 13.1 Å². The Morgan fingerprint density at radius 2 is 2.33 bits per heavy atom. The van der Waals surface area contributed by atoms with Gasteiger partial charge in [-0.2, -0.15) is 0 Å². The van der Waals surface area contributed by atoms with Crippen molar-refractivity contribution >= 4 is 22.5 Å². The summed E-state index contributed by atoms with van der Waals surface area (Å²) in [5, 5.41) is 13.4. The van der Waals surface area contributed by atoms with E-state index in [1.165, 1.54) is 24.2 Å². The lowest BCUT2D eigenvalue weighted by Crippen LogP contribution is -2.40. The van der Waals surface area contributed by atoms with Crippen LogP contribution in [-0.2, 0) is 0 Å². The van der Waals surface area contributed by atoms with Crippen molar-refractivity contribution in [1.82, 2.24) is 20.4 Å². The van der Waals surface area contributed by atoms with Gasteiger partial charge in [0.2, 0.25) is 5.13 Å². The van der Waals surface area contributed by atoms with E-state index in [0.29, 0.717) is 11.7 Å². The van der Waals surface area contributed by atoms with Gasteiger partial charge >= 0.3 is 6.03 Å². The van der Waals surface area contributed by atoms with Crippen molar-refractivity contribution in [1.29, 1.82) is 0 Å². The van der Waals surface area contributed by atoms with Gasteiger partial charge in [-0.3, -0.25) is 5.32 Å². The second-order valence-electron chi connectivity index (χ2n) is 4.65. The second kappa shape index (κ2) is 6.65. The average molecular weight is 269 g/mol. The van der Waals surface area contributed by atoms with E-state index >= 15 is 0 Å². The van der Waals surface area contributed by atoms with E-state index in [0.717, 1.165) is 25.6 Å². The molecule has 2 rings (SSSR count). The largest absolute Gasteiger partial charge is 0.337 e. The predicted octanol–water partition coefficient (Wildman–Crippen LogP) is 1.39. The average Bonchev–Trinajstić information content (AvgIpc) is 2.84. The summed E-state index contributed by atoms with van der Waals surface area (Å²) in [7, 11) is 0. The molecule has 18 heavy (non-hydrogen) atoms. The summed E-state index contributed by atoms with van der Waals surface area (Å²) in [6.07, 6.45) is 2.52. The molecule has 1 aliphatic heterocycles. The molecule has 0 radical (unpaired) electrons. The maximum absolute atomic E-state index is 11.5. The van der Waals surface area contributed by atoms with Gasteiger partial charge in [0.05, 0.1) is 0 Å². The molecule has 1 fully saturated rings. The van der Waals surface area contributed by atoms with E-state index in [2.05, 4.69) is 32.7 Å². The third-order valence-electron chi connectivity index (χ3n) is 3.17. The van der Waals surface area contributed by atoms with Crippen molar-refractivity contribution in [2.75, 3.05) is 31.5 Å². The Morgan fingerprint density at radius 3 is 3.00 bits per heavy atom. The summed E-state index contributed by atoms with van der Waals surface area (Å²) in [5.74, 6) is 0.843. The zero-order valence-corrected chi connectivity index (χ0v) is 11.4. The number of amides is 2. The first-order chi connectivity index (χ1) is 8.74. The number of anilines is 1. The molecule has 2 N–H and O–H groups in total. The van der Waals surface area contributed by atoms with E-state index in [1.54, 1.807) is 5.51 Å². The monoisotopic (exact) mass is 269 g/mol. The molecule has 7 heteroatoms. The van der Waals surface area contributed by atoms with Crippen LogP contribution in [0.5, 0.6) is 0 Å². The van der Waals surface area contributed by atoms with E-state index in [1.807, 2.05) is 0 Å². The Kier molecular flexibility index (Phi) is 4.89. The van der Waals surface area contributed by atoms with Crippen molar-refractivity contribution in [3.8, 4) is 0 Å². The van der Waals surface area contributed by atoms with Gasteiger partial charge in [-0.25, -0.2) is 4.79 Å². The lowest BCUT2D eigenvalue weighted by Gasteiger charge is -2.30. The van der Waals surface area contributed by atoms with Crippen LogP contribution in [0, 0.1) is 5.92 Å². The molecule has 1 aromatic rings. The van der Waals surface area contributed by atoms with Crippen molar-refractivity contribution in [2.24, 2.45) is 5.92 Å². The first-order valence-corrected chi connectivity index (χ1v) is 7.15. The molecule has 0 saturated carbocycles. The number of nitrogens with one attached hydrogen (secondary N) is 2. The number of carbonyl (C=O) groups is 1. The molecule has 1 aromatic heterocycles. The van der Waals surface area contributed by atoms with Crippen LogP contribution in [0.25, 0.3) is 0 Å². The fourth-order valence-electron chi connectivity index (χ4n) is 1.98. The van der Waals surface area contributed by atoms with Gasteiger partial charge in [0.1, 0.15) is 5.51 Å². The number of carbonyl (C=O) groups excluding carboxylic acids is 1. The van der Waals surface area contributed by atoms with Crippen molar-refractivity contribution in [3.05, 3.63) is 5.51 Å². The number of piperidine rings is 1.